The molecule has 0 aliphatic heterocycles. The van der Waals surface area contributed by atoms with Gasteiger partial charge in [0.25, 0.3) is 0 Å². The fraction of sp³-hybridized carbons (Fsp3) is 0.333. The standard InChI is InChI=1S/C16H15ClN2O2.C2H6/c1-4-9-6-10(17)16(21)14-12(9)18-11-7(2)5-8(3)15(20)13(11)19-14;1-2/h5-6,20-21H,4H2,1-3H3;1-2H3. The second kappa shape index (κ2) is 6.59. The molecule has 1 aromatic heterocycles. The van der Waals surface area contributed by atoms with Crippen molar-refractivity contribution in [2.75, 3.05) is 0 Å². The van der Waals surface area contributed by atoms with Gasteiger partial charge in [0.05, 0.1) is 16.1 Å². The number of hydrogen-bond donors (Lipinski definition) is 2. The van der Waals surface area contributed by atoms with Gasteiger partial charge < -0.3 is 10.2 Å². The van der Waals surface area contributed by atoms with Crippen molar-refractivity contribution in [1.29, 1.82) is 0 Å². The van der Waals surface area contributed by atoms with E-state index in [9.17, 15) is 10.2 Å². The van der Waals surface area contributed by atoms with Crippen LogP contribution in [0.3, 0.4) is 0 Å². The fourth-order valence-electron chi connectivity index (χ4n) is 2.58. The molecule has 0 unspecified atom stereocenters. The van der Waals surface area contributed by atoms with Crippen LogP contribution in [0.5, 0.6) is 11.5 Å². The van der Waals surface area contributed by atoms with Gasteiger partial charge in [0.15, 0.2) is 5.75 Å². The summed E-state index contributed by atoms with van der Waals surface area (Å²) in [5.74, 6) is -0.0146. The van der Waals surface area contributed by atoms with E-state index in [4.69, 9.17) is 11.6 Å². The van der Waals surface area contributed by atoms with Crippen LogP contribution in [0.25, 0.3) is 22.1 Å². The van der Waals surface area contributed by atoms with E-state index in [2.05, 4.69) is 9.97 Å². The predicted octanol–water partition coefficient (Wildman–Crippen LogP) is 5.05. The molecule has 3 rings (SSSR count). The van der Waals surface area contributed by atoms with Crippen LogP contribution in [-0.2, 0) is 6.42 Å². The molecule has 0 aliphatic carbocycles. The van der Waals surface area contributed by atoms with Gasteiger partial charge in [0, 0.05) is 0 Å². The predicted molar refractivity (Wildman–Crippen MR) is 95.6 cm³/mol. The quantitative estimate of drug-likeness (QED) is 0.612. The Morgan fingerprint density at radius 1 is 0.870 bits per heavy atom. The van der Waals surface area contributed by atoms with Crippen LogP contribution >= 0.6 is 11.6 Å². The molecule has 5 heteroatoms. The molecule has 0 saturated heterocycles. The van der Waals surface area contributed by atoms with Gasteiger partial charge in [-0.3, -0.25) is 0 Å². The van der Waals surface area contributed by atoms with E-state index in [0.717, 1.165) is 23.1 Å². The number of aromatic hydroxyl groups is 2. The zero-order chi connectivity index (χ0) is 17.3. The first-order chi connectivity index (χ1) is 10.9. The maximum absolute atomic E-state index is 10.2. The normalized spacial score (nSPS) is 10.7. The van der Waals surface area contributed by atoms with Crippen LogP contribution in [0.4, 0.5) is 0 Å². The lowest BCUT2D eigenvalue weighted by Gasteiger charge is -2.11. The molecule has 0 fully saturated rings. The summed E-state index contributed by atoms with van der Waals surface area (Å²) in [7, 11) is 0. The molecule has 0 saturated carbocycles. The van der Waals surface area contributed by atoms with Crippen molar-refractivity contribution >= 4 is 33.7 Å². The second-order valence-corrected chi connectivity index (χ2v) is 5.60. The third kappa shape index (κ3) is 2.79. The number of fused-ring (bicyclic) bond motifs is 2. The molecular weight excluding hydrogens is 312 g/mol. The highest BCUT2D eigenvalue weighted by atomic mass is 35.5. The smallest absolute Gasteiger partial charge is 0.162 e. The molecule has 0 spiro atoms. The SMILES string of the molecule is CC.CCc1cc(Cl)c(O)c2nc3c(O)c(C)cc(C)c3nc12. The fourth-order valence-corrected chi connectivity index (χ4v) is 2.81. The van der Waals surface area contributed by atoms with Gasteiger partial charge in [-0.05, 0) is 43.0 Å². The Kier molecular flexibility index (Phi) is 4.95. The molecule has 0 amide bonds. The molecule has 0 bridgehead atoms. The summed E-state index contributed by atoms with van der Waals surface area (Å²) in [6.07, 6.45) is 0.730. The summed E-state index contributed by atoms with van der Waals surface area (Å²) in [5.41, 5.74) is 4.56. The van der Waals surface area contributed by atoms with E-state index >= 15 is 0 Å². The number of aromatic nitrogens is 2. The molecule has 2 N–H and O–H groups in total. The number of halogens is 1. The van der Waals surface area contributed by atoms with Gasteiger partial charge in [-0.15, -0.1) is 0 Å². The summed E-state index contributed by atoms with van der Waals surface area (Å²) < 4.78 is 0. The Bertz CT molecular complexity index is 892. The number of aryl methyl sites for hydroxylation is 3. The van der Waals surface area contributed by atoms with Crippen LogP contribution in [-0.4, -0.2) is 20.2 Å². The van der Waals surface area contributed by atoms with Gasteiger partial charge >= 0.3 is 0 Å². The van der Waals surface area contributed by atoms with Crippen molar-refractivity contribution in [3.8, 4) is 11.5 Å². The lowest BCUT2D eigenvalue weighted by molar-refractivity contribution is 0.475. The van der Waals surface area contributed by atoms with Gasteiger partial charge in [0.2, 0.25) is 0 Å². The third-order valence-corrected chi connectivity index (χ3v) is 4.02. The van der Waals surface area contributed by atoms with Crippen molar-refractivity contribution in [2.45, 2.75) is 41.0 Å². The number of benzene rings is 2. The number of rotatable bonds is 1. The first kappa shape index (κ1) is 17.3. The van der Waals surface area contributed by atoms with Crippen molar-refractivity contribution in [3.05, 3.63) is 33.8 Å². The monoisotopic (exact) mass is 332 g/mol. The minimum atomic E-state index is -0.100. The van der Waals surface area contributed by atoms with Gasteiger partial charge in [0.1, 0.15) is 16.8 Å². The number of hydrogen-bond acceptors (Lipinski definition) is 4. The number of nitrogens with zero attached hydrogens (tertiary/aromatic N) is 2. The molecule has 2 aromatic carbocycles. The highest BCUT2D eigenvalue weighted by Gasteiger charge is 2.16. The average Bonchev–Trinajstić information content (AvgIpc) is 2.57. The summed E-state index contributed by atoms with van der Waals surface area (Å²) in [6, 6.07) is 3.59. The zero-order valence-electron chi connectivity index (χ0n) is 14.0. The molecule has 3 aromatic rings. The lowest BCUT2D eigenvalue weighted by Crippen LogP contribution is -1.96. The largest absolute Gasteiger partial charge is 0.505 e. The van der Waals surface area contributed by atoms with Crippen LogP contribution < -0.4 is 0 Å². The minimum Gasteiger partial charge on any atom is -0.505 e. The van der Waals surface area contributed by atoms with Crippen molar-refractivity contribution in [3.63, 3.8) is 0 Å². The average molecular weight is 333 g/mol. The number of phenolic OH excluding ortho intramolecular Hbond substituents is 2. The Morgan fingerprint density at radius 2 is 1.43 bits per heavy atom. The zero-order valence-corrected chi connectivity index (χ0v) is 14.8. The van der Waals surface area contributed by atoms with E-state index in [1.165, 1.54) is 0 Å². The molecule has 0 aliphatic rings. The van der Waals surface area contributed by atoms with Crippen LogP contribution in [0.1, 0.15) is 37.5 Å². The minimum absolute atomic E-state index is 0.0856. The molecule has 4 nitrogen and oxygen atoms in total. The Hall–Kier alpha value is -2.07. The van der Waals surface area contributed by atoms with Gasteiger partial charge in [-0.1, -0.05) is 38.4 Å². The van der Waals surface area contributed by atoms with Crippen molar-refractivity contribution < 1.29 is 10.2 Å². The Morgan fingerprint density at radius 3 is 2.04 bits per heavy atom. The Labute approximate surface area is 140 Å². The van der Waals surface area contributed by atoms with Crippen molar-refractivity contribution in [1.82, 2.24) is 9.97 Å². The topological polar surface area (TPSA) is 66.2 Å². The highest BCUT2D eigenvalue weighted by Crippen LogP contribution is 2.37. The first-order valence-corrected chi connectivity index (χ1v) is 8.12. The Balaban J connectivity index is 0.000000924. The molecule has 0 radical (unpaired) electrons. The summed E-state index contributed by atoms with van der Waals surface area (Å²) in [5, 5.41) is 20.6. The van der Waals surface area contributed by atoms with E-state index in [0.29, 0.717) is 22.1 Å². The van der Waals surface area contributed by atoms with Crippen LogP contribution in [0, 0.1) is 13.8 Å². The highest BCUT2D eigenvalue weighted by molar-refractivity contribution is 6.33. The number of phenols is 2. The molecule has 1 heterocycles. The summed E-state index contributed by atoms with van der Waals surface area (Å²) in [4.78, 5) is 9.03. The summed E-state index contributed by atoms with van der Waals surface area (Å²) in [6.45, 7) is 9.73. The molecule has 23 heavy (non-hydrogen) atoms. The van der Waals surface area contributed by atoms with Gasteiger partial charge in [-0.2, -0.15) is 0 Å². The van der Waals surface area contributed by atoms with E-state index in [-0.39, 0.29) is 16.5 Å². The molecule has 0 atom stereocenters. The summed E-state index contributed by atoms with van der Waals surface area (Å²) >= 11 is 6.04. The molecular formula is C18H21ClN2O2. The van der Waals surface area contributed by atoms with E-state index in [1.807, 2.05) is 40.7 Å². The van der Waals surface area contributed by atoms with Gasteiger partial charge in [-0.25, -0.2) is 9.97 Å². The maximum Gasteiger partial charge on any atom is 0.162 e. The van der Waals surface area contributed by atoms with E-state index in [1.54, 1.807) is 6.07 Å². The van der Waals surface area contributed by atoms with Crippen LogP contribution in [0.15, 0.2) is 12.1 Å². The third-order valence-electron chi connectivity index (χ3n) is 3.74. The molecule has 122 valence electrons. The second-order valence-electron chi connectivity index (χ2n) is 5.20. The maximum atomic E-state index is 10.2. The lowest BCUT2D eigenvalue weighted by atomic mass is 10.1. The first-order valence-electron chi connectivity index (χ1n) is 7.75. The van der Waals surface area contributed by atoms with E-state index < -0.39 is 0 Å². The van der Waals surface area contributed by atoms with Crippen LogP contribution in [0.2, 0.25) is 5.02 Å². The van der Waals surface area contributed by atoms with Crippen molar-refractivity contribution in [2.24, 2.45) is 0 Å².